The third-order valence-electron chi connectivity index (χ3n) is 4.18. The van der Waals surface area contributed by atoms with Crippen LogP contribution in [0.15, 0.2) is 42.5 Å². The van der Waals surface area contributed by atoms with Gasteiger partial charge in [-0.05, 0) is 61.8 Å². The van der Waals surface area contributed by atoms with Gasteiger partial charge in [-0.3, -0.25) is 10.2 Å². The fourth-order valence-corrected chi connectivity index (χ4v) is 3.19. The van der Waals surface area contributed by atoms with E-state index in [-0.39, 0.29) is 18.3 Å². The van der Waals surface area contributed by atoms with E-state index in [2.05, 4.69) is 10.5 Å². The maximum atomic E-state index is 12.8. The van der Waals surface area contributed by atoms with Crippen LogP contribution in [0.3, 0.4) is 0 Å². The molecule has 0 radical (unpaired) electrons. The molecule has 0 spiro atoms. The van der Waals surface area contributed by atoms with E-state index in [1.54, 1.807) is 0 Å². The Balaban J connectivity index is 1.89. The minimum absolute atomic E-state index is 0.0389. The monoisotopic (exact) mass is 367 g/mol. The Morgan fingerprint density at radius 2 is 1.81 bits per heavy atom. The number of nitrogens with zero attached hydrogens (tertiary/aromatic N) is 3. The third-order valence-corrected chi connectivity index (χ3v) is 4.57. The molecule has 3 N–H and O–H groups in total. The van der Waals surface area contributed by atoms with Crippen molar-refractivity contribution < 1.29 is 4.79 Å². The molecule has 134 valence electrons. The Morgan fingerprint density at radius 3 is 2.46 bits per heavy atom. The maximum absolute atomic E-state index is 12.8. The number of carbonyl (C=O) groups is 1. The number of benzene rings is 2. The molecule has 0 aliphatic heterocycles. The van der Waals surface area contributed by atoms with Crippen molar-refractivity contribution in [3.05, 3.63) is 69.5 Å². The Morgan fingerprint density at radius 1 is 1.15 bits per heavy atom. The van der Waals surface area contributed by atoms with E-state index < -0.39 is 0 Å². The summed E-state index contributed by atoms with van der Waals surface area (Å²) in [5, 5.41) is 4.22. The maximum Gasteiger partial charge on any atom is 0.240 e. The van der Waals surface area contributed by atoms with E-state index in [1.807, 2.05) is 63.2 Å². The number of aromatic nitrogens is 3. The molecular formula is C19H21N5OS. The van der Waals surface area contributed by atoms with Crippen LogP contribution in [0, 0.1) is 25.5 Å². The molecule has 0 amide bonds. The van der Waals surface area contributed by atoms with Gasteiger partial charge >= 0.3 is 0 Å². The molecule has 3 aromatic rings. The highest BCUT2D eigenvalue weighted by molar-refractivity contribution is 7.71. The van der Waals surface area contributed by atoms with Gasteiger partial charge in [0, 0.05) is 5.56 Å². The summed E-state index contributed by atoms with van der Waals surface area (Å²) < 4.78 is 3.28. The standard InChI is InChI=1S/C19H21N5OS/c1-12-6-4-9-15(10-12)21-24-18(20)22-23(19(24)26)11-16(25)17-13(2)7-5-8-14(17)3/h4-10,21H,11H2,1-3H3,(H2,20,22). The van der Waals surface area contributed by atoms with E-state index in [0.717, 1.165) is 22.4 Å². The van der Waals surface area contributed by atoms with Crippen LogP contribution in [-0.2, 0) is 6.54 Å². The fourth-order valence-electron chi connectivity index (χ4n) is 2.95. The van der Waals surface area contributed by atoms with Crippen LogP contribution in [0.5, 0.6) is 0 Å². The van der Waals surface area contributed by atoms with Gasteiger partial charge in [-0.2, -0.15) is 4.68 Å². The molecule has 7 heteroatoms. The van der Waals surface area contributed by atoms with Gasteiger partial charge in [-0.1, -0.05) is 30.3 Å². The molecule has 0 saturated heterocycles. The lowest BCUT2D eigenvalue weighted by Crippen LogP contribution is -2.16. The van der Waals surface area contributed by atoms with Crippen LogP contribution < -0.4 is 11.2 Å². The van der Waals surface area contributed by atoms with Gasteiger partial charge in [0.25, 0.3) is 0 Å². The molecule has 1 aromatic heterocycles. The highest BCUT2D eigenvalue weighted by atomic mass is 32.1. The first-order valence-electron chi connectivity index (χ1n) is 8.25. The summed E-state index contributed by atoms with van der Waals surface area (Å²) >= 11 is 5.45. The Kier molecular flexibility index (Phi) is 4.90. The van der Waals surface area contributed by atoms with Gasteiger partial charge in [0.2, 0.25) is 10.7 Å². The van der Waals surface area contributed by atoms with Gasteiger partial charge in [0.1, 0.15) is 6.54 Å². The predicted molar refractivity (Wildman–Crippen MR) is 106 cm³/mol. The zero-order chi connectivity index (χ0) is 18.8. The van der Waals surface area contributed by atoms with E-state index >= 15 is 0 Å². The SMILES string of the molecule is Cc1cccc(Nn2c(N)nn(CC(=O)c3c(C)cccc3C)c2=S)c1. The van der Waals surface area contributed by atoms with Crippen LogP contribution in [0.25, 0.3) is 0 Å². The van der Waals surface area contributed by atoms with Crippen molar-refractivity contribution in [2.45, 2.75) is 27.3 Å². The zero-order valence-corrected chi connectivity index (χ0v) is 15.8. The molecule has 0 bridgehead atoms. The molecule has 2 aromatic carbocycles. The second-order valence-electron chi connectivity index (χ2n) is 6.31. The highest BCUT2D eigenvalue weighted by Gasteiger charge is 2.16. The van der Waals surface area contributed by atoms with E-state index in [1.165, 1.54) is 9.36 Å². The number of aryl methyl sites for hydroxylation is 3. The van der Waals surface area contributed by atoms with Crippen LogP contribution in [-0.4, -0.2) is 20.2 Å². The van der Waals surface area contributed by atoms with Crippen molar-refractivity contribution in [1.29, 1.82) is 0 Å². The topological polar surface area (TPSA) is 77.9 Å². The number of hydrogen-bond donors (Lipinski definition) is 2. The van der Waals surface area contributed by atoms with Crippen LogP contribution in [0.2, 0.25) is 0 Å². The lowest BCUT2D eigenvalue weighted by Gasteiger charge is -2.09. The minimum atomic E-state index is -0.0445. The lowest BCUT2D eigenvalue weighted by molar-refractivity contribution is 0.0966. The molecule has 0 saturated carbocycles. The number of anilines is 2. The summed E-state index contributed by atoms with van der Waals surface area (Å²) in [5.74, 6) is 0.155. The summed E-state index contributed by atoms with van der Waals surface area (Å²) in [6.45, 7) is 5.88. The zero-order valence-electron chi connectivity index (χ0n) is 15.0. The quantitative estimate of drug-likeness (QED) is 0.531. The molecule has 0 atom stereocenters. The molecule has 0 aliphatic rings. The smallest absolute Gasteiger partial charge is 0.240 e. The van der Waals surface area contributed by atoms with Crippen molar-refractivity contribution in [1.82, 2.24) is 14.5 Å². The van der Waals surface area contributed by atoms with Crippen LogP contribution in [0.4, 0.5) is 11.6 Å². The first kappa shape index (κ1) is 17.9. The molecule has 26 heavy (non-hydrogen) atoms. The number of nitrogens with two attached hydrogens (primary N) is 1. The average molecular weight is 367 g/mol. The average Bonchev–Trinajstić information content (AvgIpc) is 2.82. The minimum Gasteiger partial charge on any atom is -0.366 e. The molecule has 1 heterocycles. The number of ketones is 1. The van der Waals surface area contributed by atoms with Crippen molar-refractivity contribution in [2.75, 3.05) is 11.2 Å². The van der Waals surface area contributed by atoms with Crippen molar-refractivity contribution in [2.24, 2.45) is 0 Å². The van der Waals surface area contributed by atoms with Gasteiger partial charge in [0.15, 0.2) is 5.78 Å². The summed E-state index contributed by atoms with van der Waals surface area (Å²) in [6, 6.07) is 13.6. The number of hydrogen-bond acceptors (Lipinski definition) is 5. The van der Waals surface area contributed by atoms with Crippen LogP contribution >= 0.6 is 12.2 Å². The fraction of sp³-hybridized carbons (Fsp3) is 0.211. The number of nitrogen functional groups attached to an aromatic ring is 1. The van der Waals surface area contributed by atoms with Crippen LogP contribution in [0.1, 0.15) is 27.0 Å². The Bertz CT molecular complexity index is 1010. The summed E-state index contributed by atoms with van der Waals surface area (Å²) in [4.78, 5) is 12.8. The molecule has 3 rings (SSSR count). The Hall–Kier alpha value is -2.93. The van der Waals surface area contributed by atoms with Crippen molar-refractivity contribution in [3.63, 3.8) is 0 Å². The first-order chi connectivity index (χ1) is 12.4. The predicted octanol–water partition coefficient (Wildman–Crippen LogP) is 3.68. The first-order valence-corrected chi connectivity index (χ1v) is 8.66. The molecule has 0 aliphatic carbocycles. The second-order valence-corrected chi connectivity index (χ2v) is 6.67. The number of rotatable bonds is 5. The van der Waals surface area contributed by atoms with E-state index in [0.29, 0.717) is 10.3 Å². The van der Waals surface area contributed by atoms with Gasteiger partial charge < -0.3 is 5.73 Å². The highest BCUT2D eigenvalue weighted by Crippen LogP contribution is 2.16. The molecule has 0 fully saturated rings. The normalized spacial score (nSPS) is 10.7. The van der Waals surface area contributed by atoms with E-state index in [9.17, 15) is 4.79 Å². The van der Waals surface area contributed by atoms with Gasteiger partial charge in [-0.15, -0.1) is 5.10 Å². The second kappa shape index (κ2) is 7.13. The summed E-state index contributed by atoms with van der Waals surface area (Å²) in [7, 11) is 0. The van der Waals surface area contributed by atoms with Gasteiger partial charge in [0.05, 0.1) is 5.69 Å². The lowest BCUT2D eigenvalue weighted by atomic mass is 9.99. The largest absolute Gasteiger partial charge is 0.366 e. The van der Waals surface area contributed by atoms with Crippen molar-refractivity contribution >= 4 is 29.6 Å². The Labute approximate surface area is 157 Å². The summed E-state index contributed by atoms with van der Waals surface area (Å²) in [5.41, 5.74) is 13.6. The molecule has 0 unspecified atom stereocenters. The summed E-state index contributed by atoms with van der Waals surface area (Å²) in [6.07, 6.45) is 0. The van der Waals surface area contributed by atoms with E-state index in [4.69, 9.17) is 18.0 Å². The number of carbonyl (C=O) groups excluding carboxylic acids is 1. The number of nitrogens with one attached hydrogen (secondary N) is 1. The molecule has 6 nitrogen and oxygen atoms in total. The molecular weight excluding hydrogens is 346 g/mol. The van der Waals surface area contributed by atoms with Crippen molar-refractivity contribution in [3.8, 4) is 0 Å². The van der Waals surface area contributed by atoms with Gasteiger partial charge in [-0.25, -0.2) is 4.68 Å². The number of Topliss-reactive ketones (excluding diaryl/α,β-unsaturated/α-hetero) is 1. The third kappa shape index (κ3) is 3.52.